The van der Waals surface area contributed by atoms with E-state index in [2.05, 4.69) is 15.3 Å². The zero-order chi connectivity index (χ0) is 14.7. The second-order valence-corrected chi connectivity index (χ2v) is 4.61. The Balaban J connectivity index is 2.39. The van der Waals surface area contributed by atoms with E-state index in [1.807, 2.05) is 26.8 Å². The zero-order valence-electron chi connectivity index (χ0n) is 12.0. The summed E-state index contributed by atoms with van der Waals surface area (Å²) >= 11 is 0. The Hall–Kier alpha value is -2.43. The van der Waals surface area contributed by atoms with Gasteiger partial charge in [-0.15, -0.1) is 0 Å². The molecule has 1 aromatic heterocycles. The maximum atomic E-state index is 11.1. The highest BCUT2D eigenvalue weighted by Crippen LogP contribution is 2.32. The molecule has 2 rings (SSSR count). The highest BCUT2D eigenvalue weighted by Gasteiger charge is 2.13. The SMILES string of the molecule is CC(=O)Oc1c(C)cc(Nc2ncccn2)c(C)c1C. The predicted octanol–water partition coefficient (Wildman–Crippen LogP) is 3.07. The molecule has 5 nitrogen and oxygen atoms in total. The standard InChI is InChI=1S/C15H17N3O2/c1-9-8-13(18-15-16-6-5-7-17-15)10(2)11(3)14(9)20-12(4)19/h5-8H,1-4H3,(H,16,17,18). The Bertz CT molecular complexity index is 639. The quantitative estimate of drug-likeness (QED) is 0.686. The summed E-state index contributed by atoms with van der Waals surface area (Å²) in [6, 6.07) is 3.69. The number of ether oxygens (including phenoxy) is 1. The maximum absolute atomic E-state index is 11.1. The van der Waals surface area contributed by atoms with Gasteiger partial charge in [0.2, 0.25) is 5.95 Å². The number of rotatable bonds is 3. The molecule has 2 aromatic rings. The molecule has 5 heteroatoms. The molecule has 0 saturated carbocycles. The van der Waals surface area contributed by atoms with Crippen LogP contribution in [0.3, 0.4) is 0 Å². The molecule has 0 atom stereocenters. The fourth-order valence-electron chi connectivity index (χ4n) is 1.97. The molecule has 0 unspecified atom stereocenters. The van der Waals surface area contributed by atoms with Gasteiger partial charge in [-0.1, -0.05) is 0 Å². The monoisotopic (exact) mass is 271 g/mol. The van der Waals surface area contributed by atoms with Gasteiger partial charge in [-0.2, -0.15) is 0 Å². The minimum atomic E-state index is -0.317. The summed E-state index contributed by atoms with van der Waals surface area (Å²) in [4.78, 5) is 19.4. The van der Waals surface area contributed by atoms with Crippen molar-refractivity contribution < 1.29 is 9.53 Å². The molecule has 0 saturated heterocycles. The number of benzene rings is 1. The van der Waals surface area contributed by atoms with Crippen molar-refractivity contribution in [1.82, 2.24) is 9.97 Å². The summed E-state index contributed by atoms with van der Waals surface area (Å²) in [5, 5.41) is 3.17. The number of nitrogens with one attached hydrogen (secondary N) is 1. The summed E-state index contributed by atoms with van der Waals surface area (Å²) in [5.41, 5.74) is 3.72. The van der Waals surface area contributed by atoms with Gasteiger partial charge in [0.15, 0.2) is 0 Å². The van der Waals surface area contributed by atoms with Gasteiger partial charge in [0, 0.05) is 25.0 Å². The van der Waals surface area contributed by atoms with E-state index in [0.717, 1.165) is 22.4 Å². The lowest BCUT2D eigenvalue weighted by Crippen LogP contribution is -2.07. The first kappa shape index (κ1) is 14.0. The van der Waals surface area contributed by atoms with E-state index in [1.54, 1.807) is 18.5 Å². The summed E-state index contributed by atoms with van der Waals surface area (Å²) in [6.45, 7) is 7.20. The molecule has 104 valence electrons. The van der Waals surface area contributed by atoms with Crippen LogP contribution in [0.2, 0.25) is 0 Å². The van der Waals surface area contributed by atoms with Crippen LogP contribution in [0, 0.1) is 20.8 Å². The number of nitrogens with zero attached hydrogens (tertiary/aromatic N) is 2. The number of aryl methyl sites for hydroxylation is 1. The molecule has 0 spiro atoms. The fourth-order valence-corrected chi connectivity index (χ4v) is 1.97. The van der Waals surface area contributed by atoms with Gasteiger partial charge in [0.05, 0.1) is 0 Å². The van der Waals surface area contributed by atoms with E-state index >= 15 is 0 Å². The second-order valence-electron chi connectivity index (χ2n) is 4.61. The topological polar surface area (TPSA) is 64.1 Å². The van der Waals surface area contributed by atoms with Crippen LogP contribution in [-0.2, 0) is 4.79 Å². The Labute approximate surface area is 118 Å². The van der Waals surface area contributed by atoms with E-state index < -0.39 is 0 Å². The van der Waals surface area contributed by atoms with Crippen molar-refractivity contribution in [2.24, 2.45) is 0 Å². The van der Waals surface area contributed by atoms with E-state index in [-0.39, 0.29) is 5.97 Å². The third kappa shape index (κ3) is 2.93. The third-order valence-electron chi connectivity index (χ3n) is 3.08. The van der Waals surface area contributed by atoms with Crippen molar-refractivity contribution >= 4 is 17.6 Å². The Kier molecular flexibility index (Phi) is 3.98. The number of carbonyl (C=O) groups excluding carboxylic acids is 1. The predicted molar refractivity (Wildman–Crippen MR) is 77.3 cm³/mol. The van der Waals surface area contributed by atoms with E-state index in [1.165, 1.54) is 6.92 Å². The lowest BCUT2D eigenvalue weighted by atomic mass is 10.0. The molecule has 0 bridgehead atoms. The lowest BCUT2D eigenvalue weighted by molar-refractivity contribution is -0.131. The van der Waals surface area contributed by atoms with Crippen molar-refractivity contribution in [3.8, 4) is 5.75 Å². The van der Waals surface area contributed by atoms with Crippen LogP contribution in [0.25, 0.3) is 0 Å². The molecule has 0 fully saturated rings. The van der Waals surface area contributed by atoms with E-state index in [9.17, 15) is 4.79 Å². The summed E-state index contributed by atoms with van der Waals surface area (Å²) in [7, 11) is 0. The van der Waals surface area contributed by atoms with Crippen LogP contribution in [0.4, 0.5) is 11.6 Å². The first-order valence-corrected chi connectivity index (χ1v) is 6.32. The first-order chi connectivity index (χ1) is 9.49. The van der Waals surface area contributed by atoms with Gasteiger partial charge in [-0.05, 0) is 49.6 Å². The van der Waals surface area contributed by atoms with Crippen molar-refractivity contribution in [2.75, 3.05) is 5.32 Å². The van der Waals surface area contributed by atoms with Crippen molar-refractivity contribution in [1.29, 1.82) is 0 Å². The van der Waals surface area contributed by atoms with Gasteiger partial charge >= 0.3 is 5.97 Å². The van der Waals surface area contributed by atoms with E-state index in [0.29, 0.717) is 11.7 Å². The van der Waals surface area contributed by atoms with Crippen LogP contribution >= 0.6 is 0 Å². The average Bonchev–Trinajstić information content (AvgIpc) is 2.42. The lowest BCUT2D eigenvalue weighted by Gasteiger charge is -2.16. The molecule has 0 aliphatic carbocycles. The number of esters is 1. The minimum absolute atomic E-state index is 0.317. The zero-order valence-corrected chi connectivity index (χ0v) is 12.0. The first-order valence-electron chi connectivity index (χ1n) is 6.32. The molecule has 0 radical (unpaired) electrons. The smallest absolute Gasteiger partial charge is 0.308 e. The molecular formula is C15H17N3O2. The molecule has 20 heavy (non-hydrogen) atoms. The van der Waals surface area contributed by atoms with Crippen LogP contribution in [0.1, 0.15) is 23.6 Å². The van der Waals surface area contributed by atoms with Crippen LogP contribution in [-0.4, -0.2) is 15.9 Å². The summed E-state index contributed by atoms with van der Waals surface area (Å²) in [6.07, 6.45) is 3.36. The molecule has 1 N–H and O–H groups in total. The van der Waals surface area contributed by atoms with E-state index in [4.69, 9.17) is 4.74 Å². The van der Waals surface area contributed by atoms with Gasteiger partial charge in [-0.25, -0.2) is 9.97 Å². The Morgan fingerprint density at radius 3 is 2.40 bits per heavy atom. The fraction of sp³-hybridized carbons (Fsp3) is 0.267. The summed E-state index contributed by atoms with van der Waals surface area (Å²) in [5.74, 6) is 0.840. The molecule has 0 aliphatic rings. The third-order valence-corrected chi connectivity index (χ3v) is 3.08. The minimum Gasteiger partial charge on any atom is -0.426 e. The van der Waals surface area contributed by atoms with Gasteiger partial charge in [-0.3, -0.25) is 4.79 Å². The number of aromatic nitrogens is 2. The maximum Gasteiger partial charge on any atom is 0.308 e. The largest absolute Gasteiger partial charge is 0.426 e. The highest BCUT2D eigenvalue weighted by atomic mass is 16.5. The van der Waals surface area contributed by atoms with Crippen molar-refractivity contribution in [2.45, 2.75) is 27.7 Å². The molecule has 0 amide bonds. The van der Waals surface area contributed by atoms with Crippen molar-refractivity contribution in [3.63, 3.8) is 0 Å². The second kappa shape index (κ2) is 5.69. The van der Waals surface area contributed by atoms with Crippen molar-refractivity contribution in [3.05, 3.63) is 41.2 Å². The number of anilines is 2. The average molecular weight is 271 g/mol. The van der Waals surface area contributed by atoms with Gasteiger partial charge in [0.1, 0.15) is 5.75 Å². The normalized spacial score (nSPS) is 10.2. The Morgan fingerprint density at radius 2 is 1.80 bits per heavy atom. The molecular weight excluding hydrogens is 254 g/mol. The molecule has 1 aromatic carbocycles. The van der Waals surface area contributed by atoms with Gasteiger partial charge in [0.25, 0.3) is 0 Å². The number of hydrogen-bond donors (Lipinski definition) is 1. The molecule has 0 aliphatic heterocycles. The molecule has 1 heterocycles. The Morgan fingerprint density at radius 1 is 1.15 bits per heavy atom. The highest BCUT2D eigenvalue weighted by molar-refractivity contribution is 5.73. The summed E-state index contributed by atoms with van der Waals surface area (Å²) < 4.78 is 5.26. The van der Waals surface area contributed by atoms with Crippen LogP contribution in [0.15, 0.2) is 24.5 Å². The number of hydrogen-bond acceptors (Lipinski definition) is 5. The van der Waals surface area contributed by atoms with Gasteiger partial charge < -0.3 is 10.1 Å². The van der Waals surface area contributed by atoms with Crippen LogP contribution in [0.5, 0.6) is 5.75 Å². The van der Waals surface area contributed by atoms with Crippen LogP contribution < -0.4 is 10.1 Å². The number of carbonyl (C=O) groups is 1.